The van der Waals surface area contributed by atoms with Crippen molar-refractivity contribution in [3.05, 3.63) is 58.6 Å². The van der Waals surface area contributed by atoms with Gasteiger partial charge in [-0.25, -0.2) is 0 Å². The molecule has 0 aliphatic heterocycles. The summed E-state index contributed by atoms with van der Waals surface area (Å²) in [6.45, 7) is 3.92. The predicted molar refractivity (Wildman–Crippen MR) is 75.3 cm³/mol. The van der Waals surface area contributed by atoms with Crippen LogP contribution in [0.25, 0.3) is 0 Å². The second-order valence-electron chi connectivity index (χ2n) is 4.34. The van der Waals surface area contributed by atoms with E-state index < -0.39 is 0 Å². The fraction of sp³-hybridized carbons (Fsp3) is 0.200. The van der Waals surface area contributed by atoms with Gasteiger partial charge in [0.15, 0.2) is 0 Å². The monoisotopic (exact) mass is 261 g/mol. The fourth-order valence-electron chi connectivity index (χ4n) is 1.75. The summed E-state index contributed by atoms with van der Waals surface area (Å²) in [6, 6.07) is 13.3. The summed E-state index contributed by atoms with van der Waals surface area (Å²) >= 11 is 5.98. The Morgan fingerprint density at radius 2 is 1.83 bits per heavy atom. The molecule has 0 radical (unpaired) electrons. The lowest BCUT2D eigenvalue weighted by atomic mass is 10.1. The molecule has 0 saturated carbocycles. The van der Waals surface area contributed by atoms with Gasteiger partial charge in [0.2, 0.25) is 0 Å². The minimum absolute atomic E-state index is 0.0688. The van der Waals surface area contributed by atoms with Crippen molar-refractivity contribution in [3.8, 4) is 11.5 Å². The highest BCUT2D eigenvalue weighted by molar-refractivity contribution is 6.30. The van der Waals surface area contributed by atoms with Crippen molar-refractivity contribution in [3.63, 3.8) is 0 Å². The summed E-state index contributed by atoms with van der Waals surface area (Å²) in [7, 11) is 0. The molecule has 94 valence electrons. The molecular weight excluding hydrogens is 246 g/mol. The molecule has 2 N–H and O–H groups in total. The molecule has 0 heterocycles. The van der Waals surface area contributed by atoms with Gasteiger partial charge >= 0.3 is 0 Å². The standard InChI is InChI=1S/C15H16ClNO/c1-10-7-8-12(16)9-15(10)18-14-6-4-3-5-13(14)11(2)17/h3-9,11H,17H2,1-2H3/t11-/m1/s1. The number of rotatable bonds is 3. The van der Waals surface area contributed by atoms with Crippen LogP contribution in [-0.4, -0.2) is 0 Å². The van der Waals surface area contributed by atoms with Crippen LogP contribution < -0.4 is 10.5 Å². The van der Waals surface area contributed by atoms with E-state index in [0.717, 1.165) is 22.6 Å². The van der Waals surface area contributed by atoms with E-state index >= 15 is 0 Å². The summed E-state index contributed by atoms with van der Waals surface area (Å²) in [5.41, 5.74) is 7.95. The van der Waals surface area contributed by atoms with Gasteiger partial charge in [0.05, 0.1) is 0 Å². The lowest BCUT2D eigenvalue weighted by Crippen LogP contribution is -2.06. The SMILES string of the molecule is Cc1ccc(Cl)cc1Oc1ccccc1[C@@H](C)N. The maximum absolute atomic E-state index is 5.98. The van der Waals surface area contributed by atoms with E-state index in [1.54, 1.807) is 0 Å². The first kappa shape index (κ1) is 12.9. The highest BCUT2D eigenvalue weighted by Crippen LogP contribution is 2.31. The average molecular weight is 262 g/mol. The van der Waals surface area contributed by atoms with Crippen LogP contribution in [0.1, 0.15) is 24.1 Å². The molecular formula is C15H16ClNO. The molecule has 0 bridgehead atoms. The average Bonchev–Trinajstić information content (AvgIpc) is 2.34. The van der Waals surface area contributed by atoms with E-state index in [1.807, 2.05) is 56.3 Å². The van der Waals surface area contributed by atoms with E-state index in [-0.39, 0.29) is 6.04 Å². The molecule has 0 spiro atoms. The van der Waals surface area contributed by atoms with Gasteiger partial charge in [0.25, 0.3) is 0 Å². The van der Waals surface area contributed by atoms with E-state index in [9.17, 15) is 0 Å². The maximum Gasteiger partial charge on any atom is 0.132 e. The number of para-hydroxylation sites is 1. The van der Waals surface area contributed by atoms with Gasteiger partial charge in [-0.1, -0.05) is 35.9 Å². The number of nitrogens with two attached hydrogens (primary N) is 1. The molecule has 0 amide bonds. The second-order valence-corrected chi connectivity index (χ2v) is 4.77. The number of aryl methyl sites for hydroxylation is 1. The van der Waals surface area contributed by atoms with Crippen LogP contribution in [0.2, 0.25) is 5.02 Å². The number of ether oxygens (including phenoxy) is 1. The zero-order chi connectivity index (χ0) is 13.1. The minimum atomic E-state index is -0.0688. The highest BCUT2D eigenvalue weighted by atomic mass is 35.5. The van der Waals surface area contributed by atoms with E-state index in [4.69, 9.17) is 22.1 Å². The van der Waals surface area contributed by atoms with Crippen molar-refractivity contribution < 1.29 is 4.74 Å². The molecule has 0 saturated heterocycles. The summed E-state index contributed by atoms with van der Waals surface area (Å²) < 4.78 is 5.92. The minimum Gasteiger partial charge on any atom is -0.457 e. The first-order chi connectivity index (χ1) is 8.58. The van der Waals surface area contributed by atoms with Crippen LogP contribution >= 0.6 is 11.6 Å². The lowest BCUT2D eigenvalue weighted by molar-refractivity contribution is 0.468. The molecule has 0 aliphatic carbocycles. The van der Waals surface area contributed by atoms with Crippen molar-refractivity contribution >= 4 is 11.6 Å². The number of halogens is 1. The number of benzene rings is 2. The Hall–Kier alpha value is -1.51. The van der Waals surface area contributed by atoms with Gasteiger partial charge in [0.1, 0.15) is 11.5 Å². The van der Waals surface area contributed by atoms with Crippen LogP contribution in [0.3, 0.4) is 0 Å². The maximum atomic E-state index is 5.98. The van der Waals surface area contributed by atoms with Crippen LogP contribution in [0.5, 0.6) is 11.5 Å². The Morgan fingerprint density at radius 3 is 2.56 bits per heavy atom. The van der Waals surface area contributed by atoms with Gasteiger partial charge in [-0.2, -0.15) is 0 Å². The molecule has 0 unspecified atom stereocenters. The number of hydrogen-bond donors (Lipinski definition) is 1. The molecule has 1 atom stereocenters. The zero-order valence-electron chi connectivity index (χ0n) is 10.5. The summed E-state index contributed by atoms with van der Waals surface area (Å²) in [5.74, 6) is 1.54. The molecule has 2 aromatic rings. The quantitative estimate of drug-likeness (QED) is 0.885. The molecule has 0 fully saturated rings. The van der Waals surface area contributed by atoms with Gasteiger partial charge in [0, 0.05) is 16.6 Å². The van der Waals surface area contributed by atoms with Crippen LogP contribution in [-0.2, 0) is 0 Å². The third-order valence-electron chi connectivity index (χ3n) is 2.78. The number of hydrogen-bond acceptors (Lipinski definition) is 2. The first-order valence-electron chi connectivity index (χ1n) is 5.86. The molecule has 0 aromatic heterocycles. The fourth-order valence-corrected chi connectivity index (χ4v) is 1.91. The van der Waals surface area contributed by atoms with Gasteiger partial charge in [-0.05, 0) is 37.6 Å². The summed E-state index contributed by atoms with van der Waals surface area (Å²) in [4.78, 5) is 0. The smallest absolute Gasteiger partial charge is 0.132 e. The Bertz CT molecular complexity index is 552. The van der Waals surface area contributed by atoms with Gasteiger partial charge < -0.3 is 10.5 Å². The third kappa shape index (κ3) is 2.84. The highest BCUT2D eigenvalue weighted by Gasteiger charge is 2.09. The Morgan fingerprint density at radius 1 is 1.11 bits per heavy atom. The van der Waals surface area contributed by atoms with Crippen LogP contribution in [0.15, 0.2) is 42.5 Å². The molecule has 0 aliphatic rings. The van der Waals surface area contributed by atoms with Gasteiger partial charge in [-0.15, -0.1) is 0 Å². The van der Waals surface area contributed by atoms with E-state index in [2.05, 4.69) is 0 Å². The normalized spacial score (nSPS) is 12.2. The van der Waals surface area contributed by atoms with Crippen LogP contribution in [0, 0.1) is 6.92 Å². The molecule has 2 aromatic carbocycles. The Balaban J connectivity index is 2.37. The van der Waals surface area contributed by atoms with Crippen molar-refractivity contribution in [2.75, 3.05) is 0 Å². The van der Waals surface area contributed by atoms with Crippen molar-refractivity contribution in [2.24, 2.45) is 5.73 Å². The van der Waals surface area contributed by atoms with E-state index in [0.29, 0.717) is 5.02 Å². The lowest BCUT2D eigenvalue weighted by Gasteiger charge is -2.15. The largest absolute Gasteiger partial charge is 0.457 e. The molecule has 18 heavy (non-hydrogen) atoms. The van der Waals surface area contributed by atoms with Crippen LogP contribution in [0.4, 0.5) is 0 Å². The molecule has 2 rings (SSSR count). The van der Waals surface area contributed by atoms with Crippen molar-refractivity contribution in [1.82, 2.24) is 0 Å². The Kier molecular flexibility index (Phi) is 3.90. The van der Waals surface area contributed by atoms with Crippen molar-refractivity contribution in [2.45, 2.75) is 19.9 Å². The topological polar surface area (TPSA) is 35.2 Å². The Labute approximate surface area is 112 Å². The third-order valence-corrected chi connectivity index (χ3v) is 3.01. The second kappa shape index (κ2) is 5.42. The zero-order valence-corrected chi connectivity index (χ0v) is 11.2. The summed E-state index contributed by atoms with van der Waals surface area (Å²) in [6.07, 6.45) is 0. The molecule has 2 nitrogen and oxygen atoms in total. The predicted octanol–water partition coefficient (Wildman–Crippen LogP) is 4.46. The molecule has 3 heteroatoms. The first-order valence-corrected chi connectivity index (χ1v) is 6.24. The van der Waals surface area contributed by atoms with E-state index in [1.165, 1.54) is 0 Å². The van der Waals surface area contributed by atoms with Crippen molar-refractivity contribution in [1.29, 1.82) is 0 Å². The summed E-state index contributed by atoms with van der Waals surface area (Å²) in [5, 5.41) is 0.661. The van der Waals surface area contributed by atoms with Gasteiger partial charge in [-0.3, -0.25) is 0 Å².